The molecule has 3 rings (SSSR count). The lowest BCUT2D eigenvalue weighted by Crippen LogP contribution is -1.82. The molecule has 2 aromatic carbocycles. The molecule has 96 valence electrons. The highest BCUT2D eigenvalue weighted by Crippen LogP contribution is 2.25. The second-order valence-corrected chi connectivity index (χ2v) is 5.72. The van der Waals surface area contributed by atoms with Crippen molar-refractivity contribution in [2.75, 3.05) is 0 Å². The van der Waals surface area contributed by atoms with E-state index in [-0.39, 0.29) is 0 Å². The Morgan fingerprint density at radius 2 is 2.00 bits per heavy atom. The summed E-state index contributed by atoms with van der Waals surface area (Å²) in [5, 5.41) is 0. The van der Waals surface area contributed by atoms with E-state index in [0.29, 0.717) is 0 Å². The zero-order valence-electron chi connectivity index (χ0n) is 11.0. The molecule has 0 aliphatic carbocycles. The highest BCUT2D eigenvalue weighted by Gasteiger charge is 2.07. The van der Waals surface area contributed by atoms with E-state index in [1.807, 2.05) is 0 Å². The number of aryl methyl sites for hydroxylation is 2. The van der Waals surface area contributed by atoms with Crippen molar-refractivity contribution >= 4 is 27.0 Å². The summed E-state index contributed by atoms with van der Waals surface area (Å²) in [6.07, 6.45) is 1.04. The summed E-state index contributed by atoms with van der Waals surface area (Å²) in [7, 11) is 0. The van der Waals surface area contributed by atoms with Gasteiger partial charge in [-0.1, -0.05) is 28.9 Å². The van der Waals surface area contributed by atoms with Crippen LogP contribution in [0.1, 0.15) is 18.1 Å². The molecule has 0 bridgehead atoms. The Hall–Kier alpha value is -1.61. The fraction of sp³-hybridized carbons (Fsp3) is 0.188. The van der Waals surface area contributed by atoms with E-state index in [1.54, 1.807) is 0 Å². The van der Waals surface area contributed by atoms with Crippen LogP contribution in [0.25, 0.3) is 22.4 Å². The number of fused-ring (bicyclic) bond motifs is 1. The molecule has 1 N–H and O–H groups in total. The van der Waals surface area contributed by atoms with Gasteiger partial charge < -0.3 is 4.98 Å². The quantitative estimate of drug-likeness (QED) is 0.718. The molecule has 1 heterocycles. The van der Waals surface area contributed by atoms with E-state index < -0.39 is 0 Å². The lowest BCUT2D eigenvalue weighted by molar-refractivity contribution is 1.14. The molecule has 0 saturated carbocycles. The first-order valence-corrected chi connectivity index (χ1v) is 7.21. The summed E-state index contributed by atoms with van der Waals surface area (Å²) in [6, 6.07) is 12.7. The van der Waals surface area contributed by atoms with E-state index in [0.717, 1.165) is 33.3 Å². The lowest BCUT2D eigenvalue weighted by atomic mass is 10.1. The van der Waals surface area contributed by atoms with Crippen molar-refractivity contribution in [1.82, 2.24) is 9.97 Å². The van der Waals surface area contributed by atoms with E-state index in [9.17, 15) is 0 Å². The first-order valence-electron chi connectivity index (χ1n) is 6.42. The Kier molecular flexibility index (Phi) is 3.15. The molecule has 0 aliphatic rings. The second kappa shape index (κ2) is 4.82. The van der Waals surface area contributed by atoms with Crippen LogP contribution in [0.15, 0.2) is 40.9 Å². The number of rotatable bonds is 2. The van der Waals surface area contributed by atoms with Gasteiger partial charge in [0.05, 0.1) is 11.0 Å². The molecule has 0 atom stereocenters. The number of hydrogen-bond donors (Lipinski definition) is 1. The first-order chi connectivity index (χ1) is 9.15. The van der Waals surface area contributed by atoms with Crippen LogP contribution in [0.2, 0.25) is 0 Å². The predicted molar refractivity (Wildman–Crippen MR) is 83.3 cm³/mol. The minimum atomic E-state index is 0.924. The third-order valence-corrected chi connectivity index (χ3v) is 3.73. The van der Waals surface area contributed by atoms with Crippen molar-refractivity contribution in [3.63, 3.8) is 0 Å². The Labute approximate surface area is 121 Å². The molecule has 0 saturated heterocycles. The molecular formula is C16H15BrN2. The average Bonchev–Trinajstić information content (AvgIpc) is 2.80. The van der Waals surface area contributed by atoms with Crippen LogP contribution >= 0.6 is 15.9 Å². The van der Waals surface area contributed by atoms with Crippen molar-refractivity contribution in [1.29, 1.82) is 0 Å². The summed E-state index contributed by atoms with van der Waals surface area (Å²) >= 11 is 3.54. The van der Waals surface area contributed by atoms with Crippen molar-refractivity contribution in [2.24, 2.45) is 0 Å². The number of H-pyrrole nitrogens is 1. The number of benzene rings is 2. The molecular weight excluding hydrogens is 300 g/mol. The Bertz CT molecular complexity index is 723. The smallest absolute Gasteiger partial charge is 0.138 e. The maximum atomic E-state index is 4.66. The van der Waals surface area contributed by atoms with Gasteiger partial charge in [0.2, 0.25) is 0 Å². The van der Waals surface area contributed by atoms with Crippen LogP contribution in [-0.4, -0.2) is 9.97 Å². The van der Waals surface area contributed by atoms with Crippen LogP contribution in [-0.2, 0) is 6.42 Å². The summed E-state index contributed by atoms with van der Waals surface area (Å²) in [4.78, 5) is 8.07. The molecule has 1 aromatic heterocycles. The summed E-state index contributed by atoms with van der Waals surface area (Å²) < 4.78 is 1.08. The second-order valence-electron chi connectivity index (χ2n) is 4.81. The van der Waals surface area contributed by atoms with E-state index in [1.165, 1.54) is 11.1 Å². The SMILES string of the molecule is CCc1ccc2nc(-c3cc(C)cc(Br)c3)[nH]c2c1. The van der Waals surface area contributed by atoms with Gasteiger partial charge in [-0.3, -0.25) is 0 Å². The highest BCUT2D eigenvalue weighted by molar-refractivity contribution is 9.10. The van der Waals surface area contributed by atoms with Crippen molar-refractivity contribution in [3.8, 4) is 11.4 Å². The summed E-state index contributed by atoms with van der Waals surface area (Å²) in [5.74, 6) is 0.924. The number of nitrogens with zero attached hydrogens (tertiary/aromatic N) is 1. The molecule has 3 aromatic rings. The molecule has 3 heteroatoms. The largest absolute Gasteiger partial charge is 0.338 e. The number of nitrogens with one attached hydrogen (secondary N) is 1. The average molecular weight is 315 g/mol. The van der Waals surface area contributed by atoms with Crippen LogP contribution in [0.3, 0.4) is 0 Å². The molecule has 0 fully saturated rings. The Morgan fingerprint density at radius 3 is 2.74 bits per heavy atom. The Balaban J connectivity index is 2.14. The van der Waals surface area contributed by atoms with Gasteiger partial charge in [-0.25, -0.2) is 4.98 Å². The molecule has 2 nitrogen and oxygen atoms in total. The maximum absolute atomic E-state index is 4.66. The zero-order valence-corrected chi connectivity index (χ0v) is 12.6. The van der Waals surface area contributed by atoms with E-state index in [2.05, 4.69) is 76.1 Å². The van der Waals surface area contributed by atoms with Crippen LogP contribution in [0.4, 0.5) is 0 Å². The number of imidazole rings is 1. The summed E-state index contributed by atoms with van der Waals surface area (Å²) in [6.45, 7) is 4.25. The van der Waals surface area contributed by atoms with Gasteiger partial charge >= 0.3 is 0 Å². The van der Waals surface area contributed by atoms with Gasteiger partial charge in [0.25, 0.3) is 0 Å². The molecule has 0 spiro atoms. The highest BCUT2D eigenvalue weighted by atomic mass is 79.9. The fourth-order valence-electron chi connectivity index (χ4n) is 2.29. The molecule has 0 radical (unpaired) electrons. The maximum Gasteiger partial charge on any atom is 0.138 e. The normalized spacial score (nSPS) is 11.1. The van der Waals surface area contributed by atoms with Crippen molar-refractivity contribution in [2.45, 2.75) is 20.3 Å². The monoisotopic (exact) mass is 314 g/mol. The number of aromatic amines is 1. The van der Waals surface area contributed by atoms with E-state index in [4.69, 9.17) is 0 Å². The van der Waals surface area contributed by atoms with E-state index >= 15 is 0 Å². The van der Waals surface area contributed by atoms with Gasteiger partial charge in [-0.05, 0) is 54.8 Å². The first kappa shape index (κ1) is 12.4. The molecule has 0 amide bonds. The van der Waals surface area contributed by atoms with Gasteiger partial charge in [0, 0.05) is 10.0 Å². The standard InChI is InChI=1S/C16H15BrN2/c1-3-11-4-5-14-15(8-11)19-16(18-14)12-6-10(2)7-13(17)9-12/h4-9H,3H2,1-2H3,(H,18,19). The van der Waals surface area contributed by atoms with Crippen LogP contribution in [0, 0.1) is 6.92 Å². The fourth-order valence-corrected chi connectivity index (χ4v) is 2.89. The van der Waals surface area contributed by atoms with Crippen LogP contribution < -0.4 is 0 Å². The number of hydrogen-bond acceptors (Lipinski definition) is 1. The molecule has 0 unspecified atom stereocenters. The minimum absolute atomic E-state index is 0.924. The van der Waals surface area contributed by atoms with Crippen LogP contribution in [0.5, 0.6) is 0 Å². The number of aromatic nitrogens is 2. The lowest BCUT2D eigenvalue weighted by Gasteiger charge is -2.00. The van der Waals surface area contributed by atoms with Crippen molar-refractivity contribution in [3.05, 3.63) is 52.0 Å². The third-order valence-electron chi connectivity index (χ3n) is 3.27. The number of halogens is 1. The predicted octanol–water partition coefficient (Wildman–Crippen LogP) is 4.86. The van der Waals surface area contributed by atoms with Crippen molar-refractivity contribution < 1.29 is 0 Å². The third kappa shape index (κ3) is 2.43. The van der Waals surface area contributed by atoms with Gasteiger partial charge in [-0.2, -0.15) is 0 Å². The zero-order chi connectivity index (χ0) is 13.4. The molecule has 19 heavy (non-hydrogen) atoms. The summed E-state index contributed by atoms with van der Waals surface area (Å²) in [5.41, 5.74) is 5.78. The van der Waals surface area contributed by atoms with Gasteiger partial charge in [0.1, 0.15) is 5.82 Å². The topological polar surface area (TPSA) is 28.7 Å². The Morgan fingerprint density at radius 1 is 1.16 bits per heavy atom. The van der Waals surface area contributed by atoms with Gasteiger partial charge in [-0.15, -0.1) is 0 Å². The molecule has 0 aliphatic heterocycles. The minimum Gasteiger partial charge on any atom is -0.338 e. The van der Waals surface area contributed by atoms with Gasteiger partial charge in [0.15, 0.2) is 0 Å².